The molecule has 31 heavy (non-hydrogen) atoms. The minimum atomic E-state index is -2.69. The number of nitrogens with zero attached hydrogens (tertiary/aromatic N) is 3. The maximum Gasteiger partial charge on any atom is 0.295 e. The van der Waals surface area contributed by atoms with Crippen LogP contribution in [0, 0.1) is 0 Å². The summed E-state index contributed by atoms with van der Waals surface area (Å²) in [5, 5.41) is 3.39. The Morgan fingerprint density at radius 1 is 1.19 bits per heavy atom. The molecule has 0 spiro atoms. The highest BCUT2D eigenvalue weighted by Crippen LogP contribution is 2.29. The average molecular weight is 439 g/mol. The number of nitrogens with one attached hydrogen (secondary N) is 2. The molecule has 6 nitrogen and oxygen atoms in total. The van der Waals surface area contributed by atoms with Crippen LogP contribution in [0.15, 0.2) is 48.5 Å². The van der Waals surface area contributed by atoms with Crippen molar-refractivity contribution >= 4 is 33.4 Å². The Labute approximate surface area is 181 Å². The predicted molar refractivity (Wildman–Crippen MR) is 115 cm³/mol. The fourth-order valence-electron chi connectivity index (χ4n) is 3.72. The van der Waals surface area contributed by atoms with Crippen LogP contribution in [0.2, 0.25) is 0 Å². The van der Waals surface area contributed by atoms with E-state index in [1.807, 2.05) is 18.2 Å². The van der Waals surface area contributed by atoms with E-state index in [0.717, 1.165) is 36.6 Å². The number of fused-ring (bicyclic) bond motifs is 2. The van der Waals surface area contributed by atoms with Gasteiger partial charge >= 0.3 is 0 Å². The number of carbonyl (C=O) groups excluding carboxylic acids is 1. The van der Waals surface area contributed by atoms with E-state index < -0.39 is 12.2 Å². The number of aromatic nitrogens is 3. The summed E-state index contributed by atoms with van der Waals surface area (Å²) in [6, 6.07) is 15.0. The number of aromatic amines is 1. The van der Waals surface area contributed by atoms with E-state index in [-0.39, 0.29) is 5.91 Å². The van der Waals surface area contributed by atoms with Crippen LogP contribution in [0.4, 0.5) is 13.9 Å². The summed E-state index contributed by atoms with van der Waals surface area (Å²) in [4.78, 5) is 27.2. The normalized spacial score (nSPS) is 14.2. The monoisotopic (exact) mass is 439 g/mol. The fraction of sp³-hybridized carbons (Fsp3) is 0.227. The van der Waals surface area contributed by atoms with Crippen LogP contribution in [0.5, 0.6) is 0 Å². The zero-order chi connectivity index (χ0) is 21.4. The van der Waals surface area contributed by atoms with Gasteiger partial charge in [-0.15, -0.1) is 11.3 Å². The molecule has 5 rings (SSSR count). The summed E-state index contributed by atoms with van der Waals surface area (Å²) < 4.78 is 25.7. The van der Waals surface area contributed by atoms with Crippen LogP contribution >= 0.6 is 11.3 Å². The molecule has 1 aliphatic rings. The smallest absolute Gasteiger partial charge is 0.295 e. The molecule has 158 valence electrons. The molecule has 9 heteroatoms. The van der Waals surface area contributed by atoms with Gasteiger partial charge in [-0.3, -0.25) is 15.0 Å². The molecule has 3 heterocycles. The van der Waals surface area contributed by atoms with E-state index in [2.05, 4.69) is 37.3 Å². The van der Waals surface area contributed by atoms with Crippen LogP contribution in [-0.4, -0.2) is 32.3 Å². The predicted octanol–water partition coefficient (Wildman–Crippen LogP) is 4.77. The second kappa shape index (κ2) is 8.16. The first-order valence-corrected chi connectivity index (χ1v) is 10.7. The van der Waals surface area contributed by atoms with Crippen molar-refractivity contribution in [1.82, 2.24) is 19.9 Å². The zero-order valence-corrected chi connectivity index (χ0v) is 17.3. The third-order valence-electron chi connectivity index (χ3n) is 5.25. The van der Waals surface area contributed by atoms with Crippen LogP contribution in [-0.2, 0) is 19.5 Å². The maximum absolute atomic E-state index is 12.8. The van der Waals surface area contributed by atoms with E-state index in [1.165, 1.54) is 23.0 Å². The summed E-state index contributed by atoms with van der Waals surface area (Å²) in [7, 11) is 0. The molecule has 2 aromatic heterocycles. The Morgan fingerprint density at radius 2 is 2.03 bits per heavy atom. The van der Waals surface area contributed by atoms with Crippen molar-refractivity contribution in [3.05, 3.63) is 76.1 Å². The number of hydrogen-bond acceptors (Lipinski definition) is 5. The number of benzene rings is 2. The molecule has 0 bridgehead atoms. The van der Waals surface area contributed by atoms with Gasteiger partial charge in [-0.05, 0) is 23.8 Å². The van der Waals surface area contributed by atoms with Gasteiger partial charge in [0.25, 0.3) is 12.3 Å². The van der Waals surface area contributed by atoms with E-state index in [9.17, 15) is 13.6 Å². The minimum absolute atomic E-state index is 0.331. The molecule has 1 amide bonds. The summed E-state index contributed by atoms with van der Waals surface area (Å²) in [5.41, 5.74) is 3.45. The van der Waals surface area contributed by atoms with Gasteiger partial charge in [0.05, 0.1) is 16.7 Å². The lowest BCUT2D eigenvalue weighted by Gasteiger charge is -2.25. The quantitative estimate of drug-likeness (QED) is 0.470. The molecule has 0 unspecified atom stereocenters. The second-order valence-corrected chi connectivity index (χ2v) is 8.53. The maximum atomic E-state index is 12.8. The van der Waals surface area contributed by atoms with Crippen LogP contribution < -0.4 is 5.32 Å². The fourth-order valence-corrected chi connectivity index (χ4v) is 4.77. The van der Waals surface area contributed by atoms with Crippen molar-refractivity contribution in [3.63, 3.8) is 0 Å². The van der Waals surface area contributed by atoms with Gasteiger partial charge in [0.15, 0.2) is 11.0 Å². The second-order valence-electron chi connectivity index (χ2n) is 7.44. The largest absolute Gasteiger partial charge is 0.337 e. The molecular formula is C22H19F2N5OS. The van der Waals surface area contributed by atoms with Gasteiger partial charge in [0.1, 0.15) is 0 Å². The van der Waals surface area contributed by atoms with E-state index in [4.69, 9.17) is 0 Å². The van der Waals surface area contributed by atoms with Crippen molar-refractivity contribution in [2.75, 3.05) is 11.9 Å². The topological polar surface area (TPSA) is 73.9 Å². The molecule has 0 radical (unpaired) electrons. The van der Waals surface area contributed by atoms with Crippen molar-refractivity contribution in [2.45, 2.75) is 25.9 Å². The first-order chi connectivity index (χ1) is 15.0. The van der Waals surface area contributed by atoms with Crippen molar-refractivity contribution in [1.29, 1.82) is 0 Å². The highest BCUT2D eigenvalue weighted by atomic mass is 32.1. The third kappa shape index (κ3) is 4.19. The summed E-state index contributed by atoms with van der Waals surface area (Å²) >= 11 is 1.48. The molecule has 0 saturated heterocycles. The average Bonchev–Trinajstić information content (AvgIpc) is 3.37. The van der Waals surface area contributed by atoms with E-state index in [1.54, 1.807) is 12.1 Å². The van der Waals surface area contributed by atoms with Crippen molar-refractivity contribution < 1.29 is 13.6 Å². The Hall–Kier alpha value is -3.17. The van der Waals surface area contributed by atoms with Gasteiger partial charge in [0, 0.05) is 36.5 Å². The number of halogens is 2. The highest BCUT2D eigenvalue weighted by molar-refractivity contribution is 7.15. The zero-order valence-electron chi connectivity index (χ0n) is 16.4. The molecule has 2 aromatic carbocycles. The number of thiazole rings is 1. The summed E-state index contributed by atoms with van der Waals surface area (Å²) in [6.45, 7) is 2.60. The highest BCUT2D eigenvalue weighted by Gasteiger charge is 2.22. The van der Waals surface area contributed by atoms with E-state index in [0.29, 0.717) is 21.7 Å². The Morgan fingerprint density at radius 3 is 2.84 bits per heavy atom. The number of carbonyl (C=O) groups is 1. The molecular weight excluding hydrogens is 420 g/mol. The third-order valence-corrected chi connectivity index (χ3v) is 6.25. The number of amides is 1. The van der Waals surface area contributed by atoms with Crippen LogP contribution in [0.25, 0.3) is 11.0 Å². The number of H-pyrrole nitrogens is 1. The van der Waals surface area contributed by atoms with E-state index >= 15 is 0 Å². The number of hydrogen-bond donors (Lipinski definition) is 2. The molecule has 0 fully saturated rings. The van der Waals surface area contributed by atoms with Gasteiger partial charge in [-0.25, -0.2) is 18.7 Å². The number of alkyl halides is 2. The lowest BCUT2D eigenvalue weighted by molar-refractivity contribution is 0.102. The molecule has 4 aromatic rings. The molecule has 0 aliphatic carbocycles. The molecule has 0 saturated carbocycles. The van der Waals surface area contributed by atoms with Crippen LogP contribution in [0.3, 0.4) is 0 Å². The standard InChI is InChI=1S/C22H19F2N5OS/c23-19(24)20-25-15-7-6-14(10-17(15)26-20)21(30)28-22-27-16-8-9-29(12-18(16)31-22)11-13-4-2-1-3-5-13/h1-7,10,19H,8-9,11-12H2,(H,25,26)(H,27,28,30). The summed E-state index contributed by atoms with van der Waals surface area (Å²) in [5.74, 6) is -0.734. The van der Waals surface area contributed by atoms with Gasteiger partial charge in [-0.1, -0.05) is 30.3 Å². The number of rotatable bonds is 5. The minimum Gasteiger partial charge on any atom is -0.337 e. The van der Waals surface area contributed by atoms with Crippen molar-refractivity contribution in [2.24, 2.45) is 0 Å². The first-order valence-electron chi connectivity index (χ1n) is 9.89. The SMILES string of the molecule is O=C(Nc1nc2c(s1)CN(Cc1ccccc1)CC2)c1ccc2nc(C(F)F)[nH]c2c1. The number of anilines is 1. The van der Waals surface area contributed by atoms with Gasteiger partial charge in [0.2, 0.25) is 0 Å². The lowest BCUT2D eigenvalue weighted by atomic mass is 10.1. The molecule has 1 aliphatic heterocycles. The van der Waals surface area contributed by atoms with Crippen LogP contribution in [0.1, 0.15) is 38.7 Å². The Kier molecular flexibility index (Phi) is 5.21. The summed E-state index contributed by atoms with van der Waals surface area (Å²) in [6.07, 6.45) is -1.85. The lowest BCUT2D eigenvalue weighted by Crippen LogP contribution is -2.29. The Bertz CT molecular complexity index is 1240. The van der Waals surface area contributed by atoms with Gasteiger partial charge in [-0.2, -0.15) is 0 Å². The molecule has 2 N–H and O–H groups in total. The van der Waals surface area contributed by atoms with Gasteiger partial charge < -0.3 is 4.98 Å². The number of imidazole rings is 1. The first kappa shape index (κ1) is 19.8. The molecule has 0 atom stereocenters. The van der Waals surface area contributed by atoms with Crippen molar-refractivity contribution in [3.8, 4) is 0 Å². The Balaban J connectivity index is 1.28.